The normalized spacial score (nSPS) is 18.4. The van der Waals surface area contributed by atoms with Crippen molar-refractivity contribution in [3.8, 4) is 0 Å². The molecule has 78 valence electrons. The molecule has 2 nitrogen and oxygen atoms in total. The maximum Gasteiger partial charge on any atom is 0.135 e. The summed E-state index contributed by atoms with van der Waals surface area (Å²) in [6.45, 7) is 9.51. The lowest BCUT2D eigenvalue weighted by Gasteiger charge is -2.30. The van der Waals surface area contributed by atoms with Gasteiger partial charge in [0.1, 0.15) is 5.78 Å². The third-order valence-electron chi connectivity index (χ3n) is 2.86. The van der Waals surface area contributed by atoms with Gasteiger partial charge in [-0.3, -0.25) is 4.79 Å². The molecule has 1 N–H and O–H groups in total. The van der Waals surface area contributed by atoms with Gasteiger partial charge >= 0.3 is 0 Å². The molecule has 0 aromatic heterocycles. The maximum absolute atomic E-state index is 11.3. The van der Waals surface area contributed by atoms with Crippen LogP contribution >= 0.6 is 0 Å². The SMILES string of the molecule is CCC(=O)C(C)CC(C)(O)C(C)C. The fourth-order valence-electron chi connectivity index (χ4n) is 1.32. The number of ketones is 1. The quantitative estimate of drug-likeness (QED) is 0.716. The summed E-state index contributed by atoms with van der Waals surface area (Å²) in [4.78, 5) is 11.3. The molecule has 0 saturated heterocycles. The molecule has 0 aliphatic rings. The van der Waals surface area contributed by atoms with Gasteiger partial charge in [-0.05, 0) is 19.3 Å². The number of Topliss-reactive ketones (excluding diaryl/α,β-unsaturated/α-hetero) is 1. The minimum Gasteiger partial charge on any atom is -0.390 e. The van der Waals surface area contributed by atoms with Crippen LogP contribution in [0.25, 0.3) is 0 Å². The molecule has 0 aliphatic carbocycles. The first kappa shape index (κ1) is 12.6. The summed E-state index contributed by atoms with van der Waals surface area (Å²) in [5, 5.41) is 9.95. The molecule has 0 heterocycles. The van der Waals surface area contributed by atoms with Crippen LogP contribution in [0.3, 0.4) is 0 Å². The summed E-state index contributed by atoms with van der Waals surface area (Å²) in [6.07, 6.45) is 1.13. The summed E-state index contributed by atoms with van der Waals surface area (Å²) < 4.78 is 0. The zero-order valence-electron chi connectivity index (χ0n) is 9.42. The van der Waals surface area contributed by atoms with Crippen LogP contribution in [-0.4, -0.2) is 16.5 Å². The fourth-order valence-corrected chi connectivity index (χ4v) is 1.32. The van der Waals surface area contributed by atoms with Gasteiger partial charge in [0, 0.05) is 12.3 Å². The molecule has 0 rings (SSSR count). The predicted molar refractivity (Wildman–Crippen MR) is 54.5 cm³/mol. The van der Waals surface area contributed by atoms with Crippen molar-refractivity contribution < 1.29 is 9.90 Å². The summed E-state index contributed by atoms with van der Waals surface area (Å²) in [5.41, 5.74) is -0.718. The molecule has 0 saturated carbocycles. The standard InChI is InChI=1S/C11H22O2/c1-6-10(12)9(4)7-11(5,13)8(2)3/h8-9,13H,6-7H2,1-5H3. The molecule has 13 heavy (non-hydrogen) atoms. The number of carbonyl (C=O) groups excluding carboxylic acids is 1. The number of hydrogen-bond acceptors (Lipinski definition) is 2. The van der Waals surface area contributed by atoms with E-state index in [0.717, 1.165) is 0 Å². The van der Waals surface area contributed by atoms with Crippen molar-refractivity contribution in [3.63, 3.8) is 0 Å². The second-order valence-electron chi connectivity index (χ2n) is 4.44. The molecular formula is C11H22O2. The third kappa shape index (κ3) is 3.90. The van der Waals surface area contributed by atoms with E-state index in [1.165, 1.54) is 0 Å². The Hall–Kier alpha value is -0.370. The average Bonchev–Trinajstić information content (AvgIpc) is 2.01. The number of hydrogen-bond donors (Lipinski definition) is 1. The van der Waals surface area contributed by atoms with Crippen molar-refractivity contribution in [3.05, 3.63) is 0 Å². The molecule has 0 aliphatic heterocycles. The van der Waals surface area contributed by atoms with E-state index in [2.05, 4.69) is 0 Å². The van der Waals surface area contributed by atoms with E-state index in [1.54, 1.807) is 6.92 Å². The summed E-state index contributed by atoms with van der Waals surface area (Å²) in [6, 6.07) is 0. The van der Waals surface area contributed by atoms with Gasteiger partial charge in [-0.25, -0.2) is 0 Å². The molecule has 2 heteroatoms. The molecule has 0 spiro atoms. The predicted octanol–water partition coefficient (Wildman–Crippen LogP) is 2.40. The van der Waals surface area contributed by atoms with E-state index >= 15 is 0 Å². The molecule has 2 unspecified atom stereocenters. The van der Waals surface area contributed by atoms with Crippen LogP contribution in [0.4, 0.5) is 0 Å². The molecular weight excluding hydrogens is 164 g/mol. The van der Waals surface area contributed by atoms with Crippen LogP contribution in [0.5, 0.6) is 0 Å². The lowest BCUT2D eigenvalue weighted by Crippen LogP contribution is -2.34. The molecule has 0 aromatic carbocycles. The van der Waals surface area contributed by atoms with E-state index in [9.17, 15) is 9.90 Å². The largest absolute Gasteiger partial charge is 0.390 e. The zero-order chi connectivity index (χ0) is 10.6. The molecule has 0 fully saturated rings. The Labute approximate surface area is 81.3 Å². The first-order chi connectivity index (χ1) is 5.81. The highest BCUT2D eigenvalue weighted by molar-refractivity contribution is 5.80. The maximum atomic E-state index is 11.3. The Morgan fingerprint density at radius 1 is 1.38 bits per heavy atom. The van der Waals surface area contributed by atoms with Gasteiger partial charge in [-0.2, -0.15) is 0 Å². The zero-order valence-corrected chi connectivity index (χ0v) is 9.42. The lowest BCUT2D eigenvalue weighted by atomic mass is 9.82. The van der Waals surface area contributed by atoms with Crippen molar-refractivity contribution in [1.82, 2.24) is 0 Å². The monoisotopic (exact) mass is 186 g/mol. The van der Waals surface area contributed by atoms with Crippen LogP contribution in [0.15, 0.2) is 0 Å². The summed E-state index contributed by atoms with van der Waals surface area (Å²) in [7, 11) is 0. The minimum atomic E-state index is -0.718. The first-order valence-corrected chi connectivity index (χ1v) is 5.06. The fraction of sp³-hybridized carbons (Fsp3) is 0.909. The topological polar surface area (TPSA) is 37.3 Å². The minimum absolute atomic E-state index is 0.0256. The molecule has 0 radical (unpaired) electrons. The number of aliphatic hydroxyl groups is 1. The third-order valence-corrected chi connectivity index (χ3v) is 2.86. The van der Waals surface area contributed by atoms with Crippen LogP contribution in [0, 0.1) is 11.8 Å². The van der Waals surface area contributed by atoms with E-state index in [1.807, 2.05) is 27.7 Å². The Kier molecular flexibility index (Phi) is 4.62. The van der Waals surface area contributed by atoms with Crippen molar-refractivity contribution in [1.29, 1.82) is 0 Å². The number of rotatable bonds is 5. The van der Waals surface area contributed by atoms with E-state index < -0.39 is 5.60 Å². The smallest absolute Gasteiger partial charge is 0.135 e. The highest BCUT2D eigenvalue weighted by atomic mass is 16.3. The van der Waals surface area contributed by atoms with Crippen LogP contribution in [0.2, 0.25) is 0 Å². The van der Waals surface area contributed by atoms with Crippen molar-refractivity contribution in [2.75, 3.05) is 0 Å². The highest BCUT2D eigenvalue weighted by Gasteiger charge is 2.29. The van der Waals surface area contributed by atoms with Gasteiger partial charge in [-0.1, -0.05) is 27.7 Å². The van der Waals surface area contributed by atoms with Crippen molar-refractivity contribution in [2.24, 2.45) is 11.8 Å². The second kappa shape index (κ2) is 4.75. The van der Waals surface area contributed by atoms with Gasteiger partial charge in [0.15, 0.2) is 0 Å². The molecule has 0 aromatic rings. The van der Waals surface area contributed by atoms with Crippen molar-refractivity contribution >= 4 is 5.78 Å². The molecule has 0 amide bonds. The van der Waals surface area contributed by atoms with E-state index in [-0.39, 0.29) is 17.6 Å². The van der Waals surface area contributed by atoms with E-state index in [4.69, 9.17) is 0 Å². The lowest BCUT2D eigenvalue weighted by molar-refractivity contribution is -0.124. The number of carbonyl (C=O) groups is 1. The van der Waals surface area contributed by atoms with Gasteiger partial charge in [0.25, 0.3) is 0 Å². The van der Waals surface area contributed by atoms with Crippen LogP contribution in [0.1, 0.15) is 47.5 Å². The van der Waals surface area contributed by atoms with E-state index in [0.29, 0.717) is 12.8 Å². The Balaban J connectivity index is 4.19. The average molecular weight is 186 g/mol. The van der Waals surface area contributed by atoms with Crippen molar-refractivity contribution in [2.45, 2.75) is 53.1 Å². The first-order valence-electron chi connectivity index (χ1n) is 5.06. The molecule has 2 atom stereocenters. The van der Waals surface area contributed by atoms with Crippen LogP contribution < -0.4 is 0 Å². The summed E-state index contributed by atoms with van der Waals surface area (Å²) in [5.74, 6) is 0.405. The van der Waals surface area contributed by atoms with Gasteiger partial charge < -0.3 is 5.11 Å². The van der Waals surface area contributed by atoms with Gasteiger partial charge in [0.05, 0.1) is 5.60 Å². The Morgan fingerprint density at radius 3 is 2.15 bits per heavy atom. The second-order valence-corrected chi connectivity index (χ2v) is 4.44. The van der Waals surface area contributed by atoms with Gasteiger partial charge in [-0.15, -0.1) is 0 Å². The summed E-state index contributed by atoms with van der Waals surface area (Å²) >= 11 is 0. The van der Waals surface area contributed by atoms with Crippen LogP contribution in [-0.2, 0) is 4.79 Å². The molecule has 0 bridgehead atoms. The Morgan fingerprint density at radius 2 is 1.85 bits per heavy atom. The van der Waals surface area contributed by atoms with Gasteiger partial charge in [0.2, 0.25) is 0 Å². The highest BCUT2D eigenvalue weighted by Crippen LogP contribution is 2.25. The Bertz CT molecular complexity index is 171.